The normalized spacial score (nSPS) is 11.0. The van der Waals surface area contributed by atoms with E-state index in [1.807, 2.05) is 6.07 Å². The molecule has 0 radical (unpaired) electrons. The molecule has 0 fully saturated rings. The summed E-state index contributed by atoms with van der Waals surface area (Å²) in [6, 6.07) is 19.8. The summed E-state index contributed by atoms with van der Waals surface area (Å²) >= 11 is 0. The van der Waals surface area contributed by atoms with Gasteiger partial charge in [-0.2, -0.15) is 0 Å². The fraction of sp³-hybridized carbons (Fsp3) is 0.0476. The third-order valence-corrected chi connectivity index (χ3v) is 3.80. The number of furan rings is 1. The van der Waals surface area contributed by atoms with Crippen LogP contribution in [0.25, 0.3) is 6.08 Å². The van der Waals surface area contributed by atoms with E-state index in [1.54, 1.807) is 54.6 Å². The van der Waals surface area contributed by atoms with Crippen molar-refractivity contribution in [2.24, 2.45) is 0 Å². The average molecular weight is 392 g/mol. The Bertz CT molecular complexity index is 1040. The third kappa shape index (κ3) is 5.39. The van der Waals surface area contributed by atoms with Crippen LogP contribution in [0.4, 0.5) is 5.88 Å². The van der Waals surface area contributed by atoms with Crippen molar-refractivity contribution < 1.29 is 23.7 Å². The van der Waals surface area contributed by atoms with Gasteiger partial charge in [0.2, 0.25) is 0 Å². The lowest BCUT2D eigenvalue weighted by molar-refractivity contribution is -0.402. The lowest BCUT2D eigenvalue weighted by Crippen LogP contribution is -2.28. The van der Waals surface area contributed by atoms with Crippen molar-refractivity contribution in [3.8, 4) is 0 Å². The lowest BCUT2D eigenvalue weighted by atomic mass is 10.2. The smallest absolute Gasteiger partial charge is 0.433 e. The number of esters is 1. The van der Waals surface area contributed by atoms with Gasteiger partial charge in [-0.25, -0.2) is 4.79 Å². The number of nitro groups is 1. The van der Waals surface area contributed by atoms with Crippen LogP contribution >= 0.6 is 0 Å². The molecule has 3 aromatic rings. The highest BCUT2D eigenvalue weighted by molar-refractivity contribution is 6.03. The van der Waals surface area contributed by atoms with E-state index in [4.69, 9.17) is 9.15 Å². The maximum atomic E-state index is 12.5. The molecule has 1 N–H and O–H groups in total. The number of nitrogens with one attached hydrogen (secondary N) is 1. The summed E-state index contributed by atoms with van der Waals surface area (Å²) in [7, 11) is 0. The molecule has 2 aromatic carbocycles. The number of hydrogen-bond donors (Lipinski definition) is 1. The van der Waals surface area contributed by atoms with Crippen LogP contribution < -0.4 is 5.32 Å². The molecule has 0 saturated carbocycles. The predicted octanol–water partition coefficient (Wildman–Crippen LogP) is 3.70. The minimum absolute atomic E-state index is 0.00345. The van der Waals surface area contributed by atoms with Gasteiger partial charge in [-0.15, -0.1) is 0 Å². The van der Waals surface area contributed by atoms with Crippen molar-refractivity contribution in [3.05, 3.63) is 105 Å². The van der Waals surface area contributed by atoms with E-state index >= 15 is 0 Å². The van der Waals surface area contributed by atoms with Gasteiger partial charge in [-0.05, 0) is 23.8 Å². The average Bonchev–Trinajstić information content (AvgIpc) is 3.22. The van der Waals surface area contributed by atoms with E-state index in [0.29, 0.717) is 5.56 Å². The molecule has 0 unspecified atom stereocenters. The van der Waals surface area contributed by atoms with Crippen LogP contribution in [0.15, 0.2) is 82.9 Å². The number of nitrogens with zero attached hydrogens (tertiary/aromatic N) is 1. The monoisotopic (exact) mass is 392 g/mol. The Hall–Kier alpha value is -4.20. The molecule has 8 nitrogen and oxygen atoms in total. The van der Waals surface area contributed by atoms with Crippen LogP contribution in [0, 0.1) is 10.1 Å². The highest BCUT2D eigenvalue weighted by Gasteiger charge is 2.18. The first-order chi connectivity index (χ1) is 14.0. The quantitative estimate of drug-likeness (QED) is 0.284. The summed E-state index contributed by atoms with van der Waals surface area (Å²) in [4.78, 5) is 35.1. The van der Waals surface area contributed by atoms with Gasteiger partial charge in [-0.1, -0.05) is 48.5 Å². The molecule has 1 aromatic heterocycles. The Morgan fingerprint density at radius 3 is 2.28 bits per heavy atom. The van der Waals surface area contributed by atoms with Crippen molar-refractivity contribution in [1.29, 1.82) is 0 Å². The van der Waals surface area contributed by atoms with Crippen molar-refractivity contribution in [2.45, 2.75) is 6.61 Å². The van der Waals surface area contributed by atoms with E-state index in [1.165, 1.54) is 12.1 Å². The predicted molar refractivity (Wildman–Crippen MR) is 103 cm³/mol. The molecule has 3 rings (SSSR count). The zero-order chi connectivity index (χ0) is 20.6. The minimum atomic E-state index is -0.808. The zero-order valence-corrected chi connectivity index (χ0v) is 15.1. The Balaban J connectivity index is 1.81. The molecule has 0 bridgehead atoms. The van der Waals surface area contributed by atoms with E-state index in [0.717, 1.165) is 11.6 Å². The van der Waals surface area contributed by atoms with E-state index < -0.39 is 22.7 Å². The van der Waals surface area contributed by atoms with Crippen molar-refractivity contribution in [1.82, 2.24) is 5.32 Å². The number of carbonyl (C=O) groups is 2. The first-order valence-electron chi connectivity index (χ1n) is 8.56. The van der Waals surface area contributed by atoms with Gasteiger partial charge in [-0.3, -0.25) is 14.9 Å². The van der Waals surface area contributed by atoms with Crippen LogP contribution in [0.3, 0.4) is 0 Å². The van der Waals surface area contributed by atoms with Crippen molar-refractivity contribution in [2.75, 3.05) is 0 Å². The van der Waals surface area contributed by atoms with Crippen LogP contribution in [0.5, 0.6) is 0 Å². The number of ether oxygens (including phenoxy) is 1. The summed E-state index contributed by atoms with van der Waals surface area (Å²) in [5.74, 6) is -1.80. The SMILES string of the molecule is O=C(OCc1ccccc1)/C(=C\c1ccc([N+](=O)[O-])o1)NC(=O)c1ccccc1. The van der Waals surface area contributed by atoms with E-state index in [9.17, 15) is 19.7 Å². The van der Waals surface area contributed by atoms with Gasteiger partial charge < -0.3 is 14.5 Å². The van der Waals surface area contributed by atoms with Crippen LogP contribution in [0.1, 0.15) is 21.7 Å². The number of amides is 1. The largest absolute Gasteiger partial charge is 0.456 e. The Morgan fingerprint density at radius 1 is 1.00 bits per heavy atom. The zero-order valence-electron chi connectivity index (χ0n) is 15.1. The summed E-state index contributed by atoms with van der Waals surface area (Å²) in [6.07, 6.45) is 1.18. The number of benzene rings is 2. The number of carbonyl (C=O) groups excluding carboxylic acids is 2. The molecule has 0 atom stereocenters. The molecule has 0 aliphatic rings. The van der Waals surface area contributed by atoms with Gasteiger partial charge in [0.05, 0.1) is 6.07 Å². The Morgan fingerprint density at radius 2 is 1.66 bits per heavy atom. The van der Waals surface area contributed by atoms with Gasteiger partial charge >= 0.3 is 11.9 Å². The molecule has 1 heterocycles. The number of hydrogen-bond acceptors (Lipinski definition) is 6. The van der Waals surface area contributed by atoms with Crippen LogP contribution in [0.2, 0.25) is 0 Å². The highest BCUT2D eigenvalue weighted by Crippen LogP contribution is 2.18. The van der Waals surface area contributed by atoms with Gasteiger partial charge in [0.15, 0.2) is 0 Å². The molecule has 8 heteroatoms. The maximum absolute atomic E-state index is 12.5. The van der Waals surface area contributed by atoms with Crippen molar-refractivity contribution >= 4 is 23.8 Å². The van der Waals surface area contributed by atoms with Crippen molar-refractivity contribution in [3.63, 3.8) is 0 Å². The third-order valence-electron chi connectivity index (χ3n) is 3.80. The lowest BCUT2D eigenvalue weighted by Gasteiger charge is -2.10. The molecule has 29 heavy (non-hydrogen) atoms. The maximum Gasteiger partial charge on any atom is 0.433 e. The summed E-state index contributed by atoms with van der Waals surface area (Å²) in [6.45, 7) is -0.00345. The fourth-order valence-corrected chi connectivity index (χ4v) is 2.39. The van der Waals surface area contributed by atoms with Gasteiger partial charge in [0.25, 0.3) is 5.91 Å². The fourth-order valence-electron chi connectivity index (χ4n) is 2.39. The topological polar surface area (TPSA) is 112 Å². The van der Waals surface area contributed by atoms with Crippen LogP contribution in [-0.2, 0) is 16.1 Å². The second-order valence-corrected chi connectivity index (χ2v) is 5.87. The molecular formula is C21H16N2O6. The van der Waals surface area contributed by atoms with E-state index in [-0.39, 0.29) is 18.1 Å². The minimum Gasteiger partial charge on any atom is -0.456 e. The first kappa shape index (κ1) is 19.6. The summed E-state index contributed by atoms with van der Waals surface area (Å²) in [5, 5.41) is 13.3. The van der Waals surface area contributed by atoms with E-state index in [2.05, 4.69) is 5.32 Å². The Kier molecular flexibility index (Phi) is 6.16. The van der Waals surface area contributed by atoms with Gasteiger partial charge in [0.1, 0.15) is 23.0 Å². The molecular weight excluding hydrogens is 376 g/mol. The molecule has 1 amide bonds. The standard InChI is InChI=1S/C21H16N2O6/c24-20(16-9-5-2-6-10-16)22-18(13-17-11-12-19(29-17)23(26)27)21(25)28-14-15-7-3-1-4-8-15/h1-13H,14H2,(H,22,24)/b18-13+. The molecule has 0 spiro atoms. The summed E-state index contributed by atoms with van der Waals surface area (Å²) < 4.78 is 10.3. The molecule has 0 aliphatic heterocycles. The summed E-state index contributed by atoms with van der Waals surface area (Å²) in [5.41, 5.74) is 0.891. The highest BCUT2D eigenvalue weighted by atomic mass is 16.6. The van der Waals surface area contributed by atoms with Gasteiger partial charge in [0, 0.05) is 11.6 Å². The first-order valence-corrected chi connectivity index (χ1v) is 8.56. The Labute approximate surface area is 165 Å². The number of rotatable bonds is 7. The second kappa shape index (κ2) is 9.14. The molecule has 0 aliphatic carbocycles. The molecule has 146 valence electrons. The van der Waals surface area contributed by atoms with Crippen LogP contribution in [-0.4, -0.2) is 16.8 Å². The molecule has 0 saturated heterocycles. The second-order valence-electron chi connectivity index (χ2n) is 5.87.